The Morgan fingerprint density at radius 3 is 2.60 bits per heavy atom. The van der Waals surface area contributed by atoms with Gasteiger partial charge in [0, 0.05) is 6.42 Å². The summed E-state index contributed by atoms with van der Waals surface area (Å²) >= 11 is 0. The van der Waals surface area contributed by atoms with Crippen LogP contribution in [0.2, 0.25) is 0 Å². The van der Waals surface area contributed by atoms with Gasteiger partial charge in [-0.05, 0) is 24.1 Å². The highest BCUT2D eigenvalue weighted by atomic mass is 16.5. The van der Waals surface area contributed by atoms with Crippen LogP contribution >= 0.6 is 0 Å². The normalized spacial score (nSPS) is 9.73. The molecule has 0 aromatic heterocycles. The molecule has 0 spiro atoms. The predicted octanol–water partition coefficient (Wildman–Crippen LogP) is 0.985. The second kappa shape index (κ2) is 4.59. The van der Waals surface area contributed by atoms with Gasteiger partial charge in [-0.1, -0.05) is 12.1 Å². The maximum Gasteiger partial charge on any atom is 0.374 e. The molecule has 1 rings (SSSR count). The number of carbonyl (C=O) groups excluding carboxylic acids is 2. The van der Waals surface area contributed by atoms with Crippen LogP contribution in [0.1, 0.15) is 11.1 Å². The van der Waals surface area contributed by atoms with E-state index >= 15 is 0 Å². The minimum absolute atomic E-state index is 0.00616. The number of esters is 1. The van der Waals surface area contributed by atoms with E-state index < -0.39 is 11.8 Å². The number of ether oxygens (including phenoxy) is 1. The molecule has 0 fully saturated rings. The van der Waals surface area contributed by atoms with E-state index in [1.807, 2.05) is 0 Å². The van der Waals surface area contributed by atoms with Crippen molar-refractivity contribution in [2.45, 2.75) is 13.3 Å². The van der Waals surface area contributed by atoms with Gasteiger partial charge in [0.1, 0.15) is 5.75 Å². The van der Waals surface area contributed by atoms with E-state index in [2.05, 4.69) is 4.74 Å². The molecule has 1 aromatic rings. The number of methoxy groups -OCH3 is 1. The standard InChI is InChI=1S/C11H12O4/c1-7-5-8(3-4-9(7)12)6-10(13)11(14)15-2/h3-5,12H,6H2,1-2H3. The average Bonchev–Trinajstić information content (AvgIpc) is 2.22. The lowest BCUT2D eigenvalue weighted by molar-refractivity contribution is -0.151. The lowest BCUT2D eigenvalue weighted by atomic mass is 10.1. The molecule has 0 saturated heterocycles. The largest absolute Gasteiger partial charge is 0.508 e. The summed E-state index contributed by atoms with van der Waals surface area (Å²) in [6.07, 6.45) is -0.00616. The third-order valence-electron chi connectivity index (χ3n) is 2.04. The van der Waals surface area contributed by atoms with E-state index in [4.69, 9.17) is 0 Å². The zero-order valence-corrected chi connectivity index (χ0v) is 8.61. The third-order valence-corrected chi connectivity index (χ3v) is 2.04. The monoisotopic (exact) mass is 208 g/mol. The van der Waals surface area contributed by atoms with Crippen LogP contribution in [0, 0.1) is 6.92 Å². The average molecular weight is 208 g/mol. The molecule has 1 aromatic carbocycles. The van der Waals surface area contributed by atoms with Crippen molar-refractivity contribution in [3.8, 4) is 5.75 Å². The molecule has 15 heavy (non-hydrogen) atoms. The second-order valence-electron chi connectivity index (χ2n) is 3.21. The Morgan fingerprint density at radius 2 is 2.07 bits per heavy atom. The minimum Gasteiger partial charge on any atom is -0.508 e. The number of hydrogen-bond donors (Lipinski definition) is 1. The lowest BCUT2D eigenvalue weighted by Crippen LogP contribution is -2.17. The van der Waals surface area contributed by atoms with Gasteiger partial charge in [-0.2, -0.15) is 0 Å². The summed E-state index contributed by atoms with van der Waals surface area (Å²) < 4.78 is 4.30. The van der Waals surface area contributed by atoms with Crippen molar-refractivity contribution in [3.05, 3.63) is 29.3 Å². The van der Waals surface area contributed by atoms with Gasteiger partial charge in [-0.3, -0.25) is 4.79 Å². The van der Waals surface area contributed by atoms with Crippen LogP contribution in [-0.2, 0) is 20.7 Å². The quantitative estimate of drug-likeness (QED) is 0.594. The molecule has 0 heterocycles. The first kappa shape index (κ1) is 11.2. The summed E-state index contributed by atoms with van der Waals surface area (Å²) in [5, 5.41) is 9.26. The molecule has 1 N–H and O–H groups in total. The number of phenolic OH excluding ortho intramolecular Hbond substituents is 1. The van der Waals surface area contributed by atoms with Gasteiger partial charge in [0.2, 0.25) is 5.78 Å². The van der Waals surface area contributed by atoms with Gasteiger partial charge in [-0.15, -0.1) is 0 Å². The summed E-state index contributed by atoms with van der Waals surface area (Å²) in [5.74, 6) is -1.27. The highest BCUT2D eigenvalue weighted by Gasteiger charge is 2.14. The molecule has 0 aliphatic carbocycles. The number of carbonyl (C=O) groups is 2. The van der Waals surface area contributed by atoms with E-state index in [1.54, 1.807) is 19.1 Å². The molecule has 0 atom stereocenters. The van der Waals surface area contributed by atoms with Crippen LogP contribution in [0.15, 0.2) is 18.2 Å². The van der Waals surface area contributed by atoms with Crippen molar-refractivity contribution in [1.82, 2.24) is 0 Å². The van der Waals surface area contributed by atoms with Gasteiger partial charge in [0.15, 0.2) is 0 Å². The fourth-order valence-corrected chi connectivity index (χ4v) is 1.20. The molecule has 0 amide bonds. The van der Waals surface area contributed by atoms with Crippen molar-refractivity contribution >= 4 is 11.8 Å². The van der Waals surface area contributed by atoms with Crippen LogP contribution in [0.5, 0.6) is 5.75 Å². The highest BCUT2D eigenvalue weighted by molar-refractivity contribution is 6.34. The Labute approximate surface area is 87.5 Å². The number of aryl methyl sites for hydroxylation is 1. The summed E-state index contributed by atoms with van der Waals surface area (Å²) in [6, 6.07) is 4.76. The fourth-order valence-electron chi connectivity index (χ4n) is 1.20. The molecular formula is C11H12O4. The van der Waals surface area contributed by atoms with E-state index in [1.165, 1.54) is 13.2 Å². The Morgan fingerprint density at radius 1 is 1.40 bits per heavy atom. The molecule has 80 valence electrons. The first-order valence-electron chi connectivity index (χ1n) is 4.44. The molecule has 0 saturated carbocycles. The molecule has 0 radical (unpaired) electrons. The molecule has 0 aliphatic rings. The van der Waals surface area contributed by atoms with Crippen LogP contribution in [-0.4, -0.2) is 24.0 Å². The van der Waals surface area contributed by atoms with Crippen molar-refractivity contribution in [2.75, 3.05) is 7.11 Å². The fraction of sp³-hybridized carbons (Fsp3) is 0.273. The Kier molecular flexibility index (Phi) is 3.44. The molecule has 0 unspecified atom stereocenters. The zero-order valence-electron chi connectivity index (χ0n) is 8.61. The van der Waals surface area contributed by atoms with Crippen molar-refractivity contribution in [3.63, 3.8) is 0 Å². The molecule has 4 nitrogen and oxygen atoms in total. The number of benzene rings is 1. The summed E-state index contributed by atoms with van der Waals surface area (Å²) in [4.78, 5) is 22.0. The van der Waals surface area contributed by atoms with Gasteiger partial charge in [-0.25, -0.2) is 4.79 Å². The van der Waals surface area contributed by atoms with Gasteiger partial charge >= 0.3 is 5.97 Å². The smallest absolute Gasteiger partial charge is 0.374 e. The van der Waals surface area contributed by atoms with Crippen molar-refractivity contribution in [2.24, 2.45) is 0 Å². The number of phenols is 1. The summed E-state index contributed by atoms with van der Waals surface area (Å²) in [7, 11) is 1.17. The number of hydrogen-bond acceptors (Lipinski definition) is 4. The lowest BCUT2D eigenvalue weighted by Gasteiger charge is -2.02. The molecular weight excluding hydrogens is 196 g/mol. The Bertz CT molecular complexity index is 396. The number of aromatic hydroxyl groups is 1. The molecule has 0 aliphatic heterocycles. The molecule has 4 heteroatoms. The first-order valence-corrected chi connectivity index (χ1v) is 4.44. The van der Waals surface area contributed by atoms with Crippen molar-refractivity contribution in [1.29, 1.82) is 0 Å². The minimum atomic E-state index is -0.847. The third kappa shape index (κ3) is 2.80. The van der Waals surface area contributed by atoms with E-state index in [-0.39, 0.29) is 12.2 Å². The summed E-state index contributed by atoms with van der Waals surface area (Å²) in [6.45, 7) is 1.72. The van der Waals surface area contributed by atoms with Gasteiger partial charge in [0.05, 0.1) is 7.11 Å². The SMILES string of the molecule is COC(=O)C(=O)Cc1ccc(O)c(C)c1. The van der Waals surface area contributed by atoms with E-state index in [0.29, 0.717) is 11.1 Å². The van der Waals surface area contributed by atoms with Gasteiger partial charge in [0.25, 0.3) is 0 Å². The number of rotatable bonds is 3. The van der Waals surface area contributed by atoms with E-state index in [9.17, 15) is 14.7 Å². The van der Waals surface area contributed by atoms with E-state index in [0.717, 1.165) is 0 Å². The maximum absolute atomic E-state index is 11.2. The Balaban J connectivity index is 2.77. The van der Waals surface area contributed by atoms with Crippen LogP contribution < -0.4 is 0 Å². The van der Waals surface area contributed by atoms with Crippen LogP contribution in [0.3, 0.4) is 0 Å². The Hall–Kier alpha value is -1.84. The summed E-state index contributed by atoms with van der Waals surface area (Å²) in [5.41, 5.74) is 1.35. The molecule has 0 bridgehead atoms. The number of Topliss-reactive ketones (excluding diaryl/α,β-unsaturated/α-hetero) is 1. The second-order valence-corrected chi connectivity index (χ2v) is 3.21. The highest BCUT2D eigenvalue weighted by Crippen LogP contribution is 2.17. The zero-order chi connectivity index (χ0) is 11.4. The topological polar surface area (TPSA) is 63.6 Å². The number of ketones is 1. The maximum atomic E-state index is 11.2. The van der Waals surface area contributed by atoms with Gasteiger partial charge < -0.3 is 9.84 Å². The predicted molar refractivity (Wildman–Crippen MR) is 53.6 cm³/mol. The van der Waals surface area contributed by atoms with Crippen molar-refractivity contribution < 1.29 is 19.4 Å². The first-order chi connectivity index (χ1) is 7.04. The van der Waals surface area contributed by atoms with Crippen LogP contribution in [0.4, 0.5) is 0 Å². The van der Waals surface area contributed by atoms with Crippen LogP contribution in [0.25, 0.3) is 0 Å².